The summed E-state index contributed by atoms with van der Waals surface area (Å²) in [5, 5.41) is 1.88. The van der Waals surface area contributed by atoms with E-state index in [1.54, 1.807) is 0 Å². The summed E-state index contributed by atoms with van der Waals surface area (Å²) in [6, 6.07) is 21.8. The molecule has 1 saturated heterocycles. The smallest absolute Gasteiger partial charge is 0.261 e. The van der Waals surface area contributed by atoms with Crippen molar-refractivity contribution in [2.75, 3.05) is 18.0 Å². The van der Waals surface area contributed by atoms with E-state index in [1.807, 2.05) is 55.1 Å². The molecule has 0 saturated carbocycles. The molecule has 1 aliphatic heterocycles. The largest absolute Gasteiger partial charge is 0.403 e. The normalized spacial score (nSPS) is 18.5. The van der Waals surface area contributed by atoms with Crippen molar-refractivity contribution in [3.63, 3.8) is 0 Å². The fourth-order valence-corrected chi connectivity index (χ4v) is 10.2. The molecule has 0 bridgehead atoms. The van der Waals surface area contributed by atoms with Gasteiger partial charge in [-0.1, -0.05) is 81.4 Å². The second-order valence-corrected chi connectivity index (χ2v) is 15.5. The van der Waals surface area contributed by atoms with Gasteiger partial charge in [0.2, 0.25) is 0 Å². The molecule has 3 aromatic carbocycles. The Morgan fingerprint density at radius 1 is 0.947 bits per heavy atom. The highest BCUT2D eigenvalue weighted by atomic mass is 28.4. The molecule has 4 nitrogen and oxygen atoms in total. The minimum absolute atomic E-state index is 0.0280. The highest BCUT2D eigenvalue weighted by molar-refractivity contribution is 6.99. The molecule has 3 aromatic rings. The molecule has 0 aliphatic carbocycles. The van der Waals surface area contributed by atoms with Crippen molar-refractivity contribution in [3.8, 4) is 0 Å². The fourth-order valence-electron chi connectivity index (χ4n) is 5.69. The summed E-state index contributed by atoms with van der Waals surface area (Å²) in [4.78, 5) is 14.1. The highest BCUT2D eigenvalue weighted by Crippen LogP contribution is 2.39. The number of carbonyl (C=O) groups is 1. The van der Waals surface area contributed by atoms with Crippen molar-refractivity contribution in [2.45, 2.75) is 65.4 Å². The van der Waals surface area contributed by atoms with E-state index in [0.717, 1.165) is 10.4 Å². The summed E-state index contributed by atoms with van der Waals surface area (Å²) in [6.07, 6.45) is -0.307. The second kappa shape index (κ2) is 11.1. The Morgan fingerprint density at radius 2 is 1.45 bits per heavy atom. The van der Waals surface area contributed by atoms with Crippen molar-refractivity contribution in [2.24, 2.45) is 0 Å². The van der Waals surface area contributed by atoms with Crippen LogP contribution in [0.1, 0.15) is 57.5 Å². The van der Waals surface area contributed by atoms with E-state index >= 15 is 8.78 Å². The molecule has 0 N–H and O–H groups in total. The molecule has 2 atom stereocenters. The lowest BCUT2D eigenvalue weighted by Gasteiger charge is -2.43. The molecule has 0 spiro atoms. The topological polar surface area (TPSA) is 38.8 Å². The number of nitrogens with zero attached hydrogens (tertiary/aromatic N) is 1. The molecule has 1 heterocycles. The lowest BCUT2D eigenvalue weighted by molar-refractivity contribution is -0.00553. The SMILES string of the molecule is CC(=O)c1cc(CO[Si](c2ccccc2)(c2ccccc2)C(C)(C)C)c(N2CC(C)OC(C)C2)c(F)c1F. The van der Waals surface area contributed by atoms with Crippen LogP contribution in [0.3, 0.4) is 0 Å². The van der Waals surface area contributed by atoms with Gasteiger partial charge in [0.05, 0.1) is 30.1 Å². The predicted molar refractivity (Wildman–Crippen MR) is 151 cm³/mol. The molecule has 1 fully saturated rings. The van der Waals surface area contributed by atoms with Crippen LogP contribution in [0.5, 0.6) is 0 Å². The van der Waals surface area contributed by atoms with Gasteiger partial charge in [-0.2, -0.15) is 0 Å². The van der Waals surface area contributed by atoms with E-state index in [0.29, 0.717) is 18.7 Å². The van der Waals surface area contributed by atoms with E-state index in [4.69, 9.17) is 9.16 Å². The lowest BCUT2D eigenvalue weighted by Crippen LogP contribution is -2.66. The third-order valence-electron chi connectivity index (χ3n) is 7.24. The molecule has 1 aliphatic rings. The molecule has 7 heteroatoms. The number of Topliss-reactive ketones (excluding diaryl/α,β-unsaturated/α-hetero) is 1. The molecule has 38 heavy (non-hydrogen) atoms. The van der Waals surface area contributed by atoms with Crippen molar-refractivity contribution >= 4 is 30.2 Å². The summed E-state index contributed by atoms with van der Waals surface area (Å²) in [6.45, 7) is 12.4. The number of hydrogen-bond acceptors (Lipinski definition) is 4. The van der Waals surface area contributed by atoms with Gasteiger partial charge >= 0.3 is 0 Å². The van der Waals surface area contributed by atoms with Gasteiger partial charge in [0, 0.05) is 18.7 Å². The second-order valence-electron chi connectivity index (χ2n) is 11.2. The molecule has 4 rings (SSSR count). The van der Waals surface area contributed by atoms with E-state index in [-0.39, 0.29) is 35.1 Å². The van der Waals surface area contributed by atoms with E-state index in [1.165, 1.54) is 13.0 Å². The van der Waals surface area contributed by atoms with Crippen LogP contribution in [0.15, 0.2) is 66.7 Å². The predicted octanol–water partition coefficient (Wildman–Crippen LogP) is 5.86. The summed E-state index contributed by atoms with van der Waals surface area (Å²) < 4.78 is 43.8. The first-order valence-corrected chi connectivity index (χ1v) is 15.0. The van der Waals surface area contributed by atoms with Crippen LogP contribution in [0.2, 0.25) is 5.04 Å². The summed E-state index contributed by atoms with van der Waals surface area (Å²) >= 11 is 0. The monoisotopic (exact) mass is 537 g/mol. The number of halogens is 2. The lowest BCUT2D eigenvalue weighted by atomic mass is 10.0. The molecule has 202 valence electrons. The summed E-state index contributed by atoms with van der Waals surface area (Å²) in [7, 11) is -2.95. The molecule has 0 radical (unpaired) electrons. The Bertz CT molecular complexity index is 1230. The minimum Gasteiger partial charge on any atom is -0.403 e. The number of morpholine rings is 1. The Labute approximate surface area is 225 Å². The zero-order chi connectivity index (χ0) is 27.7. The van der Waals surface area contributed by atoms with Crippen LogP contribution < -0.4 is 15.3 Å². The number of ether oxygens (including phenoxy) is 1. The Morgan fingerprint density at radius 3 is 1.89 bits per heavy atom. The number of hydrogen-bond donors (Lipinski definition) is 0. The fraction of sp³-hybridized carbons (Fsp3) is 0.387. The first kappa shape index (κ1) is 28.1. The Hall–Kier alpha value is -2.87. The van der Waals surface area contributed by atoms with E-state index in [2.05, 4.69) is 45.0 Å². The van der Waals surface area contributed by atoms with Gasteiger partial charge in [0.15, 0.2) is 17.4 Å². The van der Waals surface area contributed by atoms with Gasteiger partial charge in [0.1, 0.15) is 0 Å². The third-order valence-corrected chi connectivity index (χ3v) is 12.2. The third kappa shape index (κ3) is 5.33. The maximum absolute atomic E-state index is 15.8. The first-order chi connectivity index (χ1) is 18.0. The van der Waals surface area contributed by atoms with Crippen LogP contribution in [0, 0.1) is 11.6 Å². The van der Waals surface area contributed by atoms with Gasteiger partial charge in [-0.3, -0.25) is 4.79 Å². The maximum Gasteiger partial charge on any atom is 0.261 e. The minimum atomic E-state index is -2.95. The van der Waals surface area contributed by atoms with E-state index in [9.17, 15) is 4.79 Å². The van der Waals surface area contributed by atoms with Crippen molar-refractivity contribution in [1.29, 1.82) is 0 Å². The molecule has 0 aromatic heterocycles. The van der Waals surface area contributed by atoms with Gasteiger partial charge in [-0.25, -0.2) is 8.78 Å². The summed E-state index contributed by atoms with van der Waals surface area (Å²) in [5.41, 5.74) is 0.345. The molecule has 2 unspecified atom stereocenters. The standard InChI is InChI=1S/C31H37F2NO3Si/c1-21-18-34(19-22(2)37-21)30-24(17-27(23(3)35)28(32)29(30)33)20-36-38(31(4,5)6,25-13-9-7-10-14-25)26-15-11-8-12-16-26/h7-17,21-22H,18-20H2,1-6H3. The van der Waals surface area contributed by atoms with Gasteiger partial charge in [0.25, 0.3) is 8.32 Å². The van der Waals surface area contributed by atoms with Crippen molar-refractivity contribution < 1.29 is 22.7 Å². The number of rotatable bonds is 7. The van der Waals surface area contributed by atoms with Gasteiger partial charge in [-0.15, -0.1) is 0 Å². The molecular weight excluding hydrogens is 500 g/mol. The molecule has 0 amide bonds. The Balaban J connectivity index is 1.88. The van der Waals surface area contributed by atoms with Crippen LogP contribution in [0.25, 0.3) is 0 Å². The average molecular weight is 538 g/mol. The molecular formula is C31H37F2NO3Si. The zero-order valence-corrected chi connectivity index (χ0v) is 24.1. The highest BCUT2D eigenvalue weighted by Gasteiger charge is 2.50. The number of anilines is 1. The van der Waals surface area contributed by atoms with Crippen LogP contribution in [-0.2, 0) is 15.8 Å². The zero-order valence-electron chi connectivity index (χ0n) is 23.1. The van der Waals surface area contributed by atoms with E-state index < -0.39 is 25.7 Å². The maximum atomic E-state index is 15.8. The van der Waals surface area contributed by atoms with Crippen LogP contribution in [-0.4, -0.2) is 39.4 Å². The Kier molecular flexibility index (Phi) is 8.21. The number of benzene rings is 3. The average Bonchev–Trinajstić information content (AvgIpc) is 2.86. The van der Waals surface area contributed by atoms with Gasteiger partial charge < -0.3 is 14.1 Å². The summed E-state index contributed by atoms with van der Waals surface area (Å²) in [5.74, 6) is -2.66. The number of carbonyl (C=O) groups excluding carboxylic acids is 1. The van der Waals surface area contributed by atoms with Crippen LogP contribution in [0.4, 0.5) is 14.5 Å². The van der Waals surface area contributed by atoms with Crippen molar-refractivity contribution in [1.82, 2.24) is 0 Å². The number of ketones is 1. The van der Waals surface area contributed by atoms with Crippen molar-refractivity contribution in [3.05, 3.63) is 89.5 Å². The van der Waals surface area contributed by atoms with Gasteiger partial charge in [-0.05, 0) is 42.2 Å². The quantitative estimate of drug-likeness (QED) is 0.280. The van der Waals surface area contributed by atoms with Crippen LogP contribution >= 0.6 is 0 Å². The first-order valence-electron chi connectivity index (χ1n) is 13.1.